The summed E-state index contributed by atoms with van der Waals surface area (Å²) < 4.78 is 27.8. The molecule has 23 heavy (non-hydrogen) atoms. The summed E-state index contributed by atoms with van der Waals surface area (Å²) in [5, 5.41) is 2.39. The second-order valence-corrected chi connectivity index (χ2v) is 5.17. The number of nitrogens with zero attached hydrogens (tertiary/aromatic N) is 2. The van der Waals surface area contributed by atoms with E-state index in [1.165, 1.54) is 4.90 Å². The molecule has 2 amide bonds. The maximum absolute atomic E-state index is 13.1. The van der Waals surface area contributed by atoms with Crippen LogP contribution in [0.15, 0.2) is 36.5 Å². The van der Waals surface area contributed by atoms with Crippen molar-refractivity contribution < 1.29 is 18.4 Å². The number of amides is 2. The largest absolute Gasteiger partial charge is 0.353 e. The summed E-state index contributed by atoms with van der Waals surface area (Å²) in [4.78, 5) is 25.3. The first-order valence-corrected chi connectivity index (χ1v) is 6.96. The molecule has 1 aromatic heterocycles. The van der Waals surface area contributed by atoms with Gasteiger partial charge in [-0.15, -0.1) is 0 Å². The van der Waals surface area contributed by atoms with E-state index in [1.54, 1.807) is 7.05 Å². The molecule has 0 bridgehead atoms. The van der Waals surface area contributed by atoms with Crippen molar-refractivity contribution in [3.63, 3.8) is 0 Å². The summed E-state index contributed by atoms with van der Waals surface area (Å²) in [5.41, 5.74) is 0.912. The number of aryl methyl sites for hydroxylation is 1. The average molecular weight is 321 g/mol. The third-order valence-corrected chi connectivity index (χ3v) is 3.46. The number of benzene rings is 1. The molecule has 2 rings (SSSR count). The molecule has 1 heterocycles. The van der Waals surface area contributed by atoms with Gasteiger partial charge in [-0.1, -0.05) is 0 Å². The normalized spacial score (nSPS) is 10.4. The lowest BCUT2D eigenvalue weighted by Crippen LogP contribution is -2.38. The number of carbonyl (C=O) groups is 2. The number of carbonyl (C=O) groups excluding carboxylic acids is 2. The second-order valence-electron chi connectivity index (χ2n) is 5.17. The minimum absolute atomic E-state index is 0.0400. The number of likely N-dealkylation sites (N-methyl/N-ethyl adjacent to an activating group) is 1. The van der Waals surface area contributed by atoms with Gasteiger partial charge in [0.05, 0.1) is 13.1 Å². The smallest absolute Gasteiger partial charge is 0.251 e. The first-order chi connectivity index (χ1) is 10.9. The van der Waals surface area contributed by atoms with Gasteiger partial charge in [-0.25, -0.2) is 8.78 Å². The van der Waals surface area contributed by atoms with Crippen LogP contribution in [0.1, 0.15) is 16.1 Å². The van der Waals surface area contributed by atoms with Crippen LogP contribution in [0.25, 0.3) is 0 Å². The summed E-state index contributed by atoms with van der Waals surface area (Å²) in [7, 11) is 3.50. The first kappa shape index (κ1) is 16.7. The predicted octanol–water partition coefficient (Wildman–Crippen LogP) is 1.69. The Bertz CT molecular complexity index is 728. The molecule has 0 spiro atoms. The van der Waals surface area contributed by atoms with Gasteiger partial charge in [0.2, 0.25) is 5.91 Å². The van der Waals surface area contributed by atoms with E-state index in [0.717, 1.165) is 23.9 Å². The predicted molar refractivity (Wildman–Crippen MR) is 80.6 cm³/mol. The highest BCUT2D eigenvalue weighted by Gasteiger charge is 2.14. The molecule has 0 unspecified atom stereocenters. The molecule has 1 N–H and O–H groups in total. The quantitative estimate of drug-likeness (QED) is 0.911. The molecule has 0 aliphatic carbocycles. The molecule has 0 aliphatic rings. The van der Waals surface area contributed by atoms with E-state index in [-0.39, 0.29) is 18.0 Å². The Morgan fingerprint density at radius 1 is 1.22 bits per heavy atom. The summed E-state index contributed by atoms with van der Waals surface area (Å²) in [6, 6.07) is 6.59. The number of hydrogen-bond donors (Lipinski definition) is 1. The number of nitrogens with one attached hydrogen (secondary N) is 1. The van der Waals surface area contributed by atoms with Gasteiger partial charge in [0.1, 0.15) is 0 Å². The highest BCUT2D eigenvalue weighted by atomic mass is 19.2. The van der Waals surface area contributed by atoms with Crippen LogP contribution in [0.5, 0.6) is 0 Å². The third kappa shape index (κ3) is 4.15. The van der Waals surface area contributed by atoms with Crippen molar-refractivity contribution in [1.29, 1.82) is 0 Å². The van der Waals surface area contributed by atoms with Crippen LogP contribution >= 0.6 is 0 Å². The summed E-state index contributed by atoms with van der Waals surface area (Å²) >= 11 is 0. The molecule has 7 heteroatoms. The summed E-state index contributed by atoms with van der Waals surface area (Å²) in [6.45, 7) is 0.183. The lowest BCUT2D eigenvalue weighted by atomic mass is 10.2. The van der Waals surface area contributed by atoms with Crippen molar-refractivity contribution in [3.05, 3.63) is 59.4 Å². The van der Waals surface area contributed by atoms with Crippen LogP contribution in [-0.2, 0) is 18.4 Å². The molecule has 0 saturated carbocycles. The van der Waals surface area contributed by atoms with Gasteiger partial charge < -0.3 is 14.8 Å². The number of halogens is 2. The maximum Gasteiger partial charge on any atom is 0.251 e. The second kappa shape index (κ2) is 7.04. The van der Waals surface area contributed by atoms with Gasteiger partial charge in [-0.2, -0.15) is 0 Å². The standard InChI is InChI=1S/C16H17F2N3O2/c1-20-7-3-4-12(20)10-21(2)15(22)9-19-16(23)11-5-6-13(17)14(18)8-11/h3-8H,9-10H2,1-2H3,(H,19,23). The fourth-order valence-electron chi connectivity index (χ4n) is 2.02. The van der Waals surface area contributed by atoms with E-state index in [2.05, 4.69) is 5.32 Å². The molecule has 0 aliphatic heterocycles. The topological polar surface area (TPSA) is 54.3 Å². The first-order valence-electron chi connectivity index (χ1n) is 6.96. The van der Waals surface area contributed by atoms with Crippen LogP contribution < -0.4 is 5.32 Å². The van der Waals surface area contributed by atoms with E-state index in [0.29, 0.717) is 6.54 Å². The van der Waals surface area contributed by atoms with Crippen LogP contribution in [0.3, 0.4) is 0 Å². The number of hydrogen-bond acceptors (Lipinski definition) is 2. The zero-order valence-corrected chi connectivity index (χ0v) is 12.8. The SMILES string of the molecule is CN(Cc1cccn1C)C(=O)CNC(=O)c1ccc(F)c(F)c1. The Kier molecular flexibility index (Phi) is 5.10. The van der Waals surface area contributed by atoms with Gasteiger partial charge in [-0.05, 0) is 30.3 Å². The molecule has 0 fully saturated rings. The molecule has 0 atom stereocenters. The molecule has 0 saturated heterocycles. The van der Waals surface area contributed by atoms with E-state index >= 15 is 0 Å². The van der Waals surface area contributed by atoms with Gasteiger partial charge in [0, 0.05) is 31.5 Å². The van der Waals surface area contributed by atoms with E-state index in [9.17, 15) is 18.4 Å². The zero-order valence-electron chi connectivity index (χ0n) is 12.8. The highest BCUT2D eigenvalue weighted by Crippen LogP contribution is 2.08. The Hall–Kier alpha value is -2.70. The molecule has 2 aromatic rings. The van der Waals surface area contributed by atoms with Crippen molar-refractivity contribution >= 4 is 11.8 Å². The maximum atomic E-state index is 13.1. The number of aromatic nitrogens is 1. The van der Waals surface area contributed by atoms with Crippen molar-refractivity contribution in [1.82, 2.24) is 14.8 Å². The molecule has 5 nitrogen and oxygen atoms in total. The zero-order chi connectivity index (χ0) is 17.0. The molecular formula is C16H17F2N3O2. The highest BCUT2D eigenvalue weighted by molar-refractivity contribution is 5.96. The van der Waals surface area contributed by atoms with Crippen LogP contribution in [0.2, 0.25) is 0 Å². The van der Waals surface area contributed by atoms with E-state index < -0.39 is 17.5 Å². The van der Waals surface area contributed by atoms with Crippen LogP contribution in [0, 0.1) is 11.6 Å². The van der Waals surface area contributed by atoms with Crippen molar-refractivity contribution in [2.45, 2.75) is 6.54 Å². The monoisotopic (exact) mass is 321 g/mol. The number of rotatable bonds is 5. The van der Waals surface area contributed by atoms with E-state index in [1.807, 2.05) is 29.9 Å². The van der Waals surface area contributed by atoms with Crippen molar-refractivity contribution in [2.24, 2.45) is 7.05 Å². The molecule has 1 aromatic carbocycles. The Labute approximate surface area is 132 Å². The Morgan fingerprint density at radius 3 is 2.57 bits per heavy atom. The lowest BCUT2D eigenvalue weighted by molar-refractivity contribution is -0.129. The minimum atomic E-state index is -1.11. The van der Waals surface area contributed by atoms with E-state index in [4.69, 9.17) is 0 Å². The average Bonchev–Trinajstić information content (AvgIpc) is 2.92. The van der Waals surface area contributed by atoms with Crippen LogP contribution in [-0.4, -0.2) is 34.9 Å². The minimum Gasteiger partial charge on any atom is -0.353 e. The molecule has 0 radical (unpaired) electrons. The van der Waals surface area contributed by atoms with Gasteiger partial charge in [0.25, 0.3) is 5.91 Å². The summed E-state index contributed by atoms with van der Waals surface area (Å²) in [6.07, 6.45) is 1.87. The Morgan fingerprint density at radius 2 is 1.96 bits per heavy atom. The Balaban J connectivity index is 1.89. The third-order valence-electron chi connectivity index (χ3n) is 3.46. The van der Waals surface area contributed by atoms with Gasteiger partial charge in [-0.3, -0.25) is 9.59 Å². The van der Waals surface area contributed by atoms with Crippen molar-refractivity contribution in [3.8, 4) is 0 Å². The molecule has 122 valence electrons. The van der Waals surface area contributed by atoms with Gasteiger partial charge in [0.15, 0.2) is 11.6 Å². The van der Waals surface area contributed by atoms with Crippen molar-refractivity contribution in [2.75, 3.05) is 13.6 Å². The fraction of sp³-hybridized carbons (Fsp3) is 0.250. The van der Waals surface area contributed by atoms with Gasteiger partial charge >= 0.3 is 0 Å². The fourth-order valence-corrected chi connectivity index (χ4v) is 2.02. The molecular weight excluding hydrogens is 304 g/mol. The lowest BCUT2D eigenvalue weighted by Gasteiger charge is -2.18. The van der Waals surface area contributed by atoms with Crippen LogP contribution in [0.4, 0.5) is 8.78 Å². The summed E-state index contributed by atoms with van der Waals surface area (Å²) in [5.74, 6) is -3.06.